The number of nitrogens with zero attached hydrogens (tertiary/aromatic N) is 5. The van der Waals surface area contributed by atoms with E-state index < -0.39 is 55.5 Å². The molecule has 0 radical (unpaired) electrons. The second kappa shape index (κ2) is 8.18. The highest BCUT2D eigenvalue weighted by Gasteiger charge is 2.32. The zero-order valence-corrected chi connectivity index (χ0v) is 18.3. The predicted molar refractivity (Wildman–Crippen MR) is 110 cm³/mol. The zero-order valence-electron chi connectivity index (χ0n) is 17.5. The third kappa shape index (κ3) is 4.50. The molecular weight excluding hydrogens is 504 g/mol. The predicted octanol–water partition coefficient (Wildman–Crippen LogP) is 3.77. The number of fused-ring (bicyclic) bond motifs is 1. The first kappa shape index (κ1) is 24.4. The summed E-state index contributed by atoms with van der Waals surface area (Å²) in [6.45, 7) is 1.31. The lowest BCUT2D eigenvalue weighted by molar-refractivity contribution is -0.138. The minimum absolute atomic E-state index is 0.0261. The van der Waals surface area contributed by atoms with Gasteiger partial charge in [-0.25, -0.2) is 22.6 Å². The van der Waals surface area contributed by atoms with E-state index >= 15 is 0 Å². The van der Waals surface area contributed by atoms with Crippen molar-refractivity contribution in [3.8, 4) is 17.1 Å². The molecule has 0 aromatic carbocycles. The second-order valence-electron chi connectivity index (χ2n) is 7.22. The molecule has 0 atom stereocenters. The van der Waals surface area contributed by atoms with Crippen LogP contribution in [0.15, 0.2) is 58.6 Å². The number of rotatable bonds is 4. The molecule has 4 aromatic rings. The van der Waals surface area contributed by atoms with Crippen molar-refractivity contribution in [2.24, 2.45) is 0 Å². The summed E-state index contributed by atoms with van der Waals surface area (Å²) in [5.74, 6) is -0.920. The molecule has 0 N–H and O–H groups in total. The number of hydrogen-bond donors (Lipinski definition) is 0. The average Bonchev–Trinajstić information content (AvgIpc) is 3.13. The molecule has 0 saturated heterocycles. The first-order valence-corrected chi connectivity index (χ1v) is 11.3. The Morgan fingerprint density at radius 2 is 1.57 bits per heavy atom. The minimum atomic E-state index is -4.74. The molecule has 4 aromatic heterocycles. The van der Waals surface area contributed by atoms with Gasteiger partial charge in [-0.2, -0.15) is 31.0 Å². The Morgan fingerprint density at radius 1 is 0.914 bits per heavy atom. The van der Waals surface area contributed by atoms with Crippen molar-refractivity contribution in [1.29, 1.82) is 0 Å². The summed E-state index contributed by atoms with van der Waals surface area (Å²) in [6, 6.07) is 4.50. The van der Waals surface area contributed by atoms with Gasteiger partial charge in [0.25, 0.3) is 0 Å². The van der Waals surface area contributed by atoms with E-state index in [1.54, 1.807) is 0 Å². The third-order valence-electron chi connectivity index (χ3n) is 4.98. The van der Waals surface area contributed by atoms with Crippen LogP contribution in [-0.4, -0.2) is 38.3 Å². The van der Waals surface area contributed by atoms with E-state index in [9.17, 15) is 39.6 Å². The van der Waals surface area contributed by atoms with Crippen molar-refractivity contribution in [2.45, 2.75) is 24.2 Å². The largest absolute Gasteiger partial charge is 0.417 e. The van der Waals surface area contributed by atoms with Crippen LogP contribution in [0.3, 0.4) is 0 Å². The summed E-state index contributed by atoms with van der Waals surface area (Å²) in [5, 5.41) is 3.89. The second-order valence-corrected chi connectivity index (χ2v) is 9.46. The fourth-order valence-electron chi connectivity index (χ4n) is 3.13. The van der Waals surface area contributed by atoms with Crippen molar-refractivity contribution < 1.29 is 34.8 Å². The summed E-state index contributed by atoms with van der Waals surface area (Å²) in [7, 11) is -4.08. The molecular formula is C20H13F6N5O3S. The minimum Gasteiger partial charge on any atom is -0.256 e. The summed E-state index contributed by atoms with van der Waals surface area (Å²) in [5.41, 5.74) is -3.43. The standard InChI is InChI=1S/C20H13F6N5O3S/c1-2-35(33,34)15-7-11(14-5-3-12(9-27-14)19(21,22)23)8-28-17(15)31-18(32)30-10-13(20(24,25)26)4-6-16(30)29-31/h3-10H,2H2,1H3. The normalized spacial score (nSPS) is 12.9. The van der Waals surface area contributed by atoms with Gasteiger partial charge < -0.3 is 0 Å². The molecule has 0 aliphatic carbocycles. The maximum atomic E-state index is 13.0. The van der Waals surface area contributed by atoms with Crippen LogP contribution in [0.5, 0.6) is 0 Å². The van der Waals surface area contributed by atoms with E-state index in [0.717, 1.165) is 30.5 Å². The number of pyridine rings is 3. The van der Waals surface area contributed by atoms with E-state index in [1.807, 2.05) is 0 Å². The lowest BCUT2D eigenvalue weighted by Gasteiger charge is -2.11. The number of alkyl halides is 6. The Bertz CT molecular complexity index is 1590. The van der Waals surface area contributed by atoms with Crippen molar-refractivity contribution in [1.82, 2.24) is 24.1 Å². The Balaban J connectivity index is 1.90. The molecule has 35 heavy (non-hydrogen) atoms. The molecule has 15 heteroatoms. The Labute approximate surface area is 192 Å². The van der Waals surface area contributed by atoms with Gasteiger partial charge in [-0.05, 0) is 30.3 Å². The molecule has 0 saturated carbocycles. The lowest BCUT2D eigenvalue weighted by Crippen LogP contribution is -2.23. The van der Waals surface area contributed by atoms with Crippen molar-refractivity contribution in [2.75, 3.05) is 5.75 Å². The highest BCUT2D eigenvalue weighted by atomic mass is 32.2. The topological polar surface area (TPSA) is 99.2 Å². The molecule has 4 heterocycles. The van der Waals surface area contributed by atoms with Gasteiger partial charge in [-0.3, -0.25) is 4.98 Å². The average molecular weight is 517 g/mol. The zero-order chi connectivity index (χ0) is 25.8. The van der Waals surface area contributed by atoms with Gasteiger partial charge >= 0.3 is 18.0 Å². The molecule has 0 bridgehead atoms. The number of sulfone groups is 1. The fraction of sp³-hybridized carbons (Fsp3) is 0.200. The van der Waals surface area contributed by atoms with Crippen LogP contribution in [0.25, 0.3) is 22.7 Å². The van der Waals surface area contributed by atoms with E-state index in [-0.39, 0.29) is 16.9 Å². The third-order valence-corrected chi connectivity index (χ3v) is 6.71. The summed E-state index contributed by atoms with van der Waals surface area (Å²) in [4.78, 5) is 20.0. The van der Waals surface area contributed by atoms with Crippen LogP contribution in [0, 0.1) is 0 Å². The van der Waals surface area contributed by atoms with Crippen LogP contribution in [0.4, 0.5) is 26.3 Å². The van der Waals surface area contributed by atoms with E-state index in [4.69, 9.17) is 0 Å². The quantitative estimate of drug-likeness (QED) is 0.382. The van der Waals surface area contributed by atoms with Crippen LogP contribution < -0.4 is 5.69 Å². The van der Waals surface area contributed by atoms with Crippen LogP contribution in [0.1, 0.15) is 18.1 Å². The molecule has 0 aliphatic heterocycles. The van der Waals surface area contributed by atoms with Crippen LogP contribution in [0.2, 0.25) is 0 Å². The van der Waals surface area contributed by atoms with Crippen molar-refractivity contribution in [3.05, 3.63) is 70.5 Å². The van der Waals surface area contributed by atoms with Gasteiger partial charge in [0.05, 0.1) is 22.6 Å². The number of hydrogen-bond acceptors (Lipinski definition) is 6. The molecule has 0 spiro atoms. The maximum Gasteiger partial charge on any atom is 0.417 e. The number of halogens is 6. The SMILES string of the molecule is CCS(=O)(=O)c1cc(-c2ccc(C(F)(F)F)cn2)cnc1-n1nc2ccc(C(F)(F)F)cn2c1=O. The Morgan fingerprint density at radius 3 is 2.14 bits per heavy atom. The fourth-order valence-corrected chi connectivity index (χ4v) is 4.17. The highest BCUT2D eigenvalue weighted by Crippen LogP contribution is 2.31. The summed E-state index contributed by atoms with van der Waals surface area (Å²) in [6.07, 6.45) is -7.20. The van der Waals surface area contributed by atoms with Gasteiger partial charge in [0.1, 0.15) is 4.90 Å². The van der Waals surface area contributed by atoms with E-state index in [1.165, 1.54) is 6.92 Å². The van der Waals surface area contributed by atoms with E-state index in [0.29, 0.717) is 27.5 Å². The van der Waals surface area contributed by atoms with Crippen molar-refractivity contribution >= 4 is 15.5 Å². The van der Waals surface area contributed by atoms with Gasteiger partial charge in [-0.1, -0.05) is 6.92 Å². The number of aromatic nitrogens is 5. The van der Waals surface area contributed by atoms with Gasteiger partial charge in [0, 0.05) is 24.2 Å². The highest BCUT2D eigenvalue weighted by molar-refractivity contribution is 7.91. The monoisotopic (exact) mass is 517 g/mol. The first-order chi connectivity index (χ1) is 16.2. The van der Waals surface area contributed by atoms with E-state index in [2.05, 4.69) is 15.1 Å². The molecule has 0 fully saturated rings. The molecule has 184 valence electrons. The van der Waals surface area contributed by atoms with Crippen LogP contribution in [-0.2, 0) is 22.2 Å². The summed E-state index contributed by atoms with van der Waals surface area (Å²) < 4.78 is 104. The Kier molecular flexibility index (Phi) is 5.70. The molecule has 0 amide bonds. The maximum absolute atomic E-state index is 13.0. The smallest absolute Gasteiger partial charge is 0.256 e. The lowest BCUT2D eigenvalue weighted by atomic mass is 10.1. The van der Waals surface area contributed by atoms with Gasteiger partial charge in [0.15, 0.2) is 21.3 Å². The molecule has 0 unspecified atom stereocenters. The first-order valence-electron chi connectivity index (χ1n) is 9.68. The Hall–Kier alpha value is -3.75. The molecule has 0 aliphatic rings. The molecule has 4 rings (SSSR count). The summed E-state index contributed by atoms with van der Waals surface area (Å²) >= 11 is 0. The molecule has 8 nitrogen and oxygen atoms in total. The van der Waals surface area contributed by atoms with Gasteiger partial charge in [0.2, 0.25) is 0 Å². The van der Waals surface area contributed by atoms with Gasteiger partial charge in [-0.15, -0.1) is 5.10 Å². The van der Waals surface area contributed by atoms with Crippen LogP contribution >= 0.6 is 0 Å². The van der Waals surface area contributed by atoms with Crippen molar-refractivity contribution in [3.63, 3.8) is 0 Å².